The second-order valence-corrected chi connectivity index (χ2v) is 1.70. The lowest BCUT2D eigenvalue weighted by Gasteiger charge is -1.87. The second kappa shape index (κ2) is 3.61. The molecule has 3 heteroatoms. The molecule has 0 spiro atoms. The van der Waals surface area contributed by atoms with E-state index in [1.807, 2.05) is 12.2 Å². The van der Waals surface area contributed by atoms with Gasteiger partial charge in [0.2, 0.25) is 12.4 Å². The van der Waals surface area contributed by atoms with Crippen molar-refractivity contribution in [2.75, 3.05) is 7.11 Å². The molecule has 0 aromatic rings. The van der Waals surface area contributed by atoms with Crippen LogP contribution in [0.1, 0.15) is 0 Å². The predicted octanol–water partition coefficient (Wildman–Crippen LogP) is 0.479. The molecule has 10 heavy (non-hydrogen) atoms. The summed E-state index contributed by atoms with van der Waals surface area (Å²) in [6, 6.07) is 0. The van der Waals surface area contributed by atoms with Crippen molar-refractivity contribution in [2.45, 2.75) is 0 Å². The van der Waals surface area contributed by atoms with Gasteiger partial charge < -0.3 is 4.84 Å². The average Bonchev–Trinajstić information content (AvgIpc) is 2.03. The molecule has 1 radical (unpaired) electrons. The zero-order chi connectivity index (χ0) is 7.23. The highest BCUT2D eigenvalue weighted by Gasteiger charge is 1.95. The molecule has 0 saturated carbocycles. The standard InChI is InChI=1S/C7H8N2O/c1-10-9-6-7-2-4-8-5-3-7/h2-6H,1H3/q+1/b9-6+. The van der Waals surface area contributed by atoms with Crippen LogP contribution in [0, 0.1) is 0 Å². The van der Waals surface area contributed by atoms with Gasteiger partial charge in [-0.2, -0.15) is 0 Å². The molecule has 1 rings (SSSR count). The smallest absolute Gasteiger partial charge is 0.242 e. The molecule has 0 N–H and O–H groups in total. The highest BCUT2D eigenvalue weighted by molar-refractivity contribution is 5.90. The van der Waals surface area contributed by atoms with Crippen molar-refractivity contribution in [3.05, 3.63) is 23.9 Å². The Kier molecular flexibility index (Phi) is 2.43. The van der Waals surface area contributed by atoms with Crippen LogP contribution in [0.3, 0.4) is 0 Å². The summed E-state index contributed by atoms with van der Waals surface area (Å²) in [6.07, 6.45) is 8.74. The third-order valence-corrected chi connectivity index (χ3v) is 1.01. The van der Waals surface area contributed by atoms with Gasteiger partial charge in [-0.15, -0.1) is 0 Å². The molecule has 0 saturated heterocycles. The first-order valence-corrected chi connectivity index (χ1v) is 2.90. The summed E-state index contributed by atoms with van der Waals surface area (Å²) in [5, 5.41) is 3.59. The Morgan fingerprint density at radius 1 is 1.70 bits per heavy atom. The number of hydrogen-bond acceptors (Lipinski definition) is 3. The molecule has 0 fully saturated rings. The maximum Gasteiger partial charge on any atom is 0.242 e. The lowest BCUT2D eigenvalue weighted by atomic mass is 10.2. The molecule has 1 aliphatic rings. The van der Waals surface area contributed by atoms with Gasteiger partial charge in [-0.1, -0.05) is 5.16 Å². The number of oxime groups is 1. The highest BCUT2D eigenvalue weighted by atomic mass is 16.6. The van der Waals surface area contributed by atoms with Gasteiger partial charge in [0.05, 0.1) is 11.2 Å². The maximum atomic E-state index is 4.49. The van der Waals surface area contributed by atoms with E-state index in [1.165, 1.54) is 7.11 Å². The molecular formula is C7H8N2O+. The van der Waals surface area contributed by atoms with E-state index in [0.29, 0.717) is 0 Å². The maximum absolute atomic E-state index is 4.49. The van der Waals surface area contributed by atoms with Crippen LogP contribution >= 0.6 is 0 Å². The number of aliphatic imine (C=N–C) groups is 1. The first-order valence-electron chi connectivity index (χ1n) is 2.90. The fourth-order valence-electron chi connectivity index (χ4n) is 0.563. The van der Waals surface area contributed by atoms with Gasteiger partial charge in [0.15, 0.2) is 0 Å². The summed E-state index contributed by atoms with van der Waals surface area (Å²) in [5.41, 5.74) is 0.983. The quantitative estimate of drug-likeness (QED) is 0.401. The van der Waals surface area contributed by atoms with E-state index >= 15 is 0 Å². The molecule has 51 valence electrons. The monoisotopic (exact) mass is 136 g/mol. The first-order chi connectivity index (χ1) is 4.93. The van der Waals surface area contributed by atoms with Crippen LogP contribution in [-0.4, -0.2) is 19.5 Å². The van der Waals surface area contributed by atoms with E-state index in [2.05, 4.69) is 15.0 Å². The second-order valence-electron chi connectivity index (χ2n) is 1.70. The van der Waals surface area contributed by atoms with Crippen LogP contribution in [0.4, 0.5) is 0 Å². The van der Waals surface area contributed by atoms with Gasteiger partial charge in [0, 0.05) is 17.7 Å². The van der Waals surface area contributed by atoms with Crippen molar-refractivity contribution >= 4 is 12.4 Å². The minimum atomic E-state index is 0.983. The van der Waals surface area contributed by atoms with E-state index in [4.69, 9.17) is 0 Å². The minimum absolute atomic E-state index is 0.983. The third kappa shape index (κ3) is 1.85. The molecule has 0 amide bonds. The molecule has 1 heterocycles. The van der Waals surface area contributed by atoms with E-state index in [9.17, 15) is 0 Å². The molecule has 3 nitrogen and oxygen atoms in total. The van der Waals surface area contributed by atoms with Crippen molar-refractivity contribution in [1.82, 2.24) is 4.99 Å². The van der Waals surface area contributed by atoms with Crippen molar-refractivity contribution in [2.24, 2.45) is 5.16 Å². The molecule has 0 unspecified atom stereocenters. The van der Waals surface area contributed by atoms with Crippen molar-refractivity contribution < 1.29 is 4.84 Å². The Bertz CT molecular complexity index is 214. The Balaban J connectivity index is 2.57. The summed E-state index contributed by atoms with van der Waals surface area (Å²) in [4.78, 5) is 8.35. The average molecular weight is 136 g/mol. The Morgan fingerprint density at radius 3 is 3.20 bits per heavy atom. The van der Waals surface area contributed by atoms with Gasteiger partial charge in [-0.05, 0) is 0 Å². The van der Waals surface area contributed by atoms with Gasteiger partial charge in [0.1, 0.15) is 7.11 Å². The summed E-state index contributed by atoms with van der Waals surface area (Å²) < 4.78 is 0. The first kappa shape index (κ1) is 6.74. The van der Waals surface area contributed by atoms with Crippen LogP contribution in [-0.2, 0) is 4.84 Å². The van der Waals surface area contributed by atoms with Crippen molar-refractivity contribution in [1.29, 1.82) is 0 Å². The number of nitrogens with zero attached hydrogens (tertiary/aromatic N) is 2. The van der Waals surface area contributed by atoms with Crippen LogP contribution in [0.5, 0.6) is 0 Å². The Morgan fingerprint density at radius 2 is 2.60 bits per heavy atom. The predicted molar refractivity (Wildman–Crippen MR) is 40.9 cm³/mol. The van der Waals surface area contributed by atoms with Gasteiger partial charge in [0.25, 0.3) is 0 Å². The number of rotatable bonds is 2. The molecule has 0 atom stereocenters. The van der Waals surface area contributed by atoms with Gasteiger partial charge >= 0.3 is 0 Å². The Labute approximate surface area is 59.4 Å². The zero-order valence-corrected chi connectivity index (χ0v) is 5.69. The normalized spacial score (nSPS) is 15.9. The van der Waals surface area contributed by atoms with Crippen LogP contribution in [0.2, 0.25) is 0 Å². The van der Waals surface area contributed by atoms with E-state index in [0.717, 1.165) is 5.57 Å². The minimum Gasteiger partial charge on any atom is -0.399 e. The summed E-state index contributed by atoms with van der Waals surface area (Å²) in [5.74, 6) is 0. The molecule has 0 aromatic carbocycles. The fourth-order valence-corrected chi connectivity index (χ4v) is 0.563. The summed E-state index contributed by atoms with van der Waals surface area (Å²) in [6.45, 7) is 0. The topological polar surface area (TPSA) is 35.7 Å². The number of hydrogen-bond donors (Lipinski definition) is 0. The lowest BCUT2D eigenvalue weighted by molar-refractivity contribution is 0.215. The van der Waals surface area contributed by atoms with Crippen LogP contribution in [0.25, 0.3) is 0 Å². The van der Waals surface area contributed by atoms with E-state index in [-0.39, 0.29) is 0 Å². The molecule has 0 bridgehead atoms. The Hall–Kier alpha value is -1.38. The number of allylic oxidation sites excluding steroid dienone is 3. The van der Waals surface area contributed by atoms with E-state index in [1.54, 1.807) is 18.6 Å². The molecule has 0 aromatic heterocycles. The zero-order valence-electron chi connectivity index (χ0n) is 5.69. The summed E-state index contributed by atoms with van der Waals surface area (Å²) in [7, 11) is 1.51. The largest absolute Gasteiger partial charge is 0.399 e. The van der Waals surface area contributed by atoms with Crippen LogP contribution in [0.15, 0.2) is 29.1 Å². The lowest BCUT2D eigenvalue weighted by Crippen LogP contribution is -1.91. The fraction of sp³-hybridized carbons (Fsp3) is 0.143. The van der Waals surface area contributed by atoms with Crippen molar-refractivity contribution in [3.63, 3.8) is 0 Å². The van der Waals surface area contributed by atoms with E-state index < -0.39 is 0 Å². The molecule has 0 aliphatic carbocycles. The summed E-state index contributed by atoms with van der Waals surface area (Å²) >= 11 is 0. The molecule has 1 aliphatic heterocycles. The van der Waals surface area contributed by atoms with Crippen LogP contribution < -0.4 is 4.99 Å². The molecular weight excluding hydrogens is 128 g/mol. The SMILES string of the molecule is CO/N=C/C1=CC=[N+]C=C1. The van der Waals surface area contributed by atoms with Gasteiger partial charge in [-0.25, -0.2) is 0 Å². The third-order valence-electron chi connectivity index (χ3n) is 1.01. The highest BCUT2D eigenvalue weighted by Crippen LogP contribution is 1.93. The van der Waals surface area contributed by atoms with Crippen molar-refractivity contribution in [3.8, 4) is 0 Å². The van der Waals surface area contributed by atoms with Gasteiger partial charge in [-0.3, -0.25) is 0 Å².